The fourth-order valence-corrected chi connectivity index (χ4v) is 5.76. The Balaban J connectivity index is 1.43. The van der Waals surface area contributed by atoms with Crippen molar-refractivity contribution in [2.45, 2.75) is 49.7 Å². The van der Waals surface area contributed by atoms with Crippen LogP contribution in [0.25, 0.3) is 0 Å². The maximum absolute atomic E-state index is 11.9. The van der Waals surface area contributed by atoms with E-state index >= 15 is 0 Å². The molecule has 0 spiro atoms. The molecule has 1 saturated carbocycles. The summed E-state index contributed by atoms with van der Waals surface area (Å²) in [5.74, 6) is 0. The number of hydrogen-bond acceptors (Lipinski definition) is 6. The second kappa shape index (κ2) is 8.37. The predicted molar refractivity (Wildman–Crippen MR) is 132 cm³/mol. The molecular weight excluding hydrogens is 468 g/mol. The van der Waals surface area contributed by atoms with Crippen molar-refractivity contribution in [3.63, 3.8) is 0 Å². The van der Waals surface area contributed by atoms with E-state index in [2.05, 4.69) is 45.2 Å². The molecule has 8 heteroatoms. The largest absolute Gasteiger partial charge is 0.365 e. The van der Waals surface area contributed by atoms with Crippen molar-refractivity contribution in [3.8, 4) is 6.07 Å². The molecule has 2 aromatic carbocycles. The second-order valence-corrected chi connectivity index (χ2v) is 11.6. The molecule has 2 heterocycles. The van der Waals surface area contributed by atoms with Gasteiger partial charge in [0, 0.05) is 35.1 Å². The van der Waals surface area contributed by atoms with Gasteiger partial charge in [-0.3, -0.25) is 0 Å². The summed E-state index contributed by atoms with van der Waals surface area (Å²) in [6.45, 7) is 3.25. The van der Waals surface area contributed by atoms with E-state index in [1.165, 1.54) is 5.56 Å². The van der Waals surface area contributed by atoms with Crippen molar-refractivity contribution in [2.75, 3.05) is 17.7 Å². The van der Waals surface area contributed by atoms with Crippen molar-refractivity contribution in [2.24, 2.45) is 0 Å². The molecule has 174 valence electrons. The smallest absolute Gasteiger partial charge is 0.247 e. The fourth-order valence-electron chi connectivity index (χ4n) is 5.02. The molecule has 1 aliphatic carbocycles. The van der Waals surface area contributed by atoms with Gasteiger partial charge in [0.05, 0.1) is 23.9 Å². The molecule has 0 bridgehead atoms. The third-order valence-corrected chi connectivity index (χ3v) is 8.52. The van der Waals surface area contributed by atoms with Crippen LogP contribution in [0.5, 0.6) is 0 Å². The van der Waals surface area contributed by atoms with Crippen LogP contribution in [0.3, 0.4) is 0 Å². The summed E-state index contributed by atoms with van der Waals surface area (Å²) >= 11 is 6.47. The number of nitrogens with zero attached hydrogens (tertiary/aromatic N) is 4. The maximum atomic E-state index is 11.9. The van der Waals surface area contributed by atoms with Crippen LogP contribution in [0.4, 0.5) is 5.69 Å². The van der Waals surface area contributed by atoms with Gasteiger partial charge < -0.3 is 4.90 Å². The summed E-state index contributed by atoms with van der Waals surface area (Å²) in [4.78, 5) is 10.6. The minimum atomic E-state index is -3.44. The lowest BCUT2D eigenvalue weighted by molar-refractivity contribution is 0.301. The van der Waals surface area contributed by atoms with Crippen LogP contribution < -0.4 is 4.90 Å². The lowest BCUT2D eigenvalue weighted by atomic mass is 9.60. The number of fused-ring (bicyclic) bond motifs is 1. The van der Waals surface area contributed by atoms with Crippen LogP contribution in [0.15, 0.2) is 47.8 Å². The van der Waals surface area contributed by atoms with Gasteiger partial charge in [0.15, 0.2) is 0 Å². The fraction of sp³-hybridized carbons (Fsp3) is 0.346. The molecule has 0 saturated heterocycles. The second-order valence-electron chi connectivity index (χ2n) is 9.29. The summed E-state index contributed by atoms with van der Waals surface area (Å²) in [5.41, 5.74) is 6.51. The van der Waals surface area contributed by atoms with Crippen LogP contribution in [0.2, 0.25) is 5.02 Å². The Morgan fingerprint density at radius 2 is 1.88 bits per heavy atom. The molecule has 5 rings (SSSR count). The molecule has 0 atom stereocenters. The van der Waals surface area contributed by atoms with E-state index in [0.29, 0.717) is 17.1 Å². The SMILES string of the molecule is Cc1c(Cl)cc(C2(c3ccc(N4CCc5cnc(S(C)(=O)=O)nc5C4)cc3)CCC2)cc1C#N. The first-order valence-corrected chi connectivity index (χ1v) is 13.6. The van der Waals surface area contributed by atoms with Crippen LogP contribution in [-0.4, -0.2) is 31.2 Å². The first kappa shape index (κ1) is 22.8. The average Bonchev–Trinajstić information content (AvgIpc) is 2.79. The number of aromatic nitrogens is 2. The normalized spacial score (nSPS) is 16.9. The molecule has 6 nitrogen and oxygen atoms in total. The Morgan fingerprint density at radius 3 is 2.50 bits per heavy atom. The summed E-state index contributed by atoms with van der Waals surface area (Å²) in [6.07, 6.45) is 6.73. The van der Waals surface area contributed by atoms with Gasteiger partial charge in [-0.15, -0.1) is 0 Å². The van der Waals surface area contributed by atoms with E-state index in [1.807, 2.05) is 19.1 Å². The first-order valence-electron chi connectivity index (χ1n) is 11.3. The number of halogens is 1. The Labute approximate surface area is 205 Å². The molecule has 0 unspecified atom stereocenters. The van der Waals surface area contributed by atoms with E-state index in [0.717, 1.165) is 66.6 Å². The van der Waals surface area contributed by atoms with E-state index < -0.39 is 9.84 Å². The van der Waals surface area contributed by atoms with Gasteiger partial charge in [0.2, 0.25) is 15.0 Å². The Hall–Kier alpha value is -2.95. The first-order chi connectivity index (χ1) is 16.2. The zero-order valence-electron chi connectivity index (χ0n) is 19.2. The van der Waals surface area contributed by atoms with Crippen molar-refractivity contribution in [3.05, 3.63) is 81.1 Å². The zero-order valence-corrected chi connectivity index (χ0v) is 20.7. The molecule has 34 heavy (non-hydrogen) atoms. The van der Waals surface area contributed by atoms with Crippen LogP contribution in [-0.2, 0) is 28.2 Å². The van der Waals surface area contributed by atoms with Crippen LogP contribution in [0.1, 0.15) is 52.8 Å². The lowest BCUT2D eigenvalue weighted by Gasteiger charge is -2.43. The maximum Gasteiger partial charge on any atom is 0.247 e. The summed E-state index contributed by atoms with van der Waals surface area (Å²) in [7, 11) is -3.44. The number of benzene rings is 2. The highest BCUT2D eigenvalue weighted by molar-refractivity contribution is 7.90. The third-order valence-electron chi connectivity index (χ3n) is 7.26. The standard InChI is InChI=1S/C26H25ClN4O2S/c1-17-19(14-28)12-21(13-23(17)27)26(9-3-10-26)20-4-6-22(7-5-20)31-11-8-18-15-29-25(34(2,32)33)30-24(18)16-31/h4-7,12-13,15H,3,8-11,16H2,1-2H3. The summed E-state index contributed by atoms with van der Waals surface area (Å²) < 4.78 is 23.7. The molecule has 0 N–H and O–H groups in total. The highest BCUT2D eigenvalue weighted by Gasteiger charge is 2.41. The molecule has 1 aromatic heterocycles. The Morgan fingerprint density at radius 1 is 1.15 bits per heavy atom. The van der Waals surface area contributed by atoms with Crippen molar-refractivity contribution in [1.82, 2.24) is 9.97 Å². The summed E-state index contributed by atoms with van der Waals surface area (Å²) in [6, 6.07) is 14.9. The molecule has 3 aromatic rings. The Kier molecular flexibility index (Phi) is 5.62. The van der Waals surface area contributed by atoms with E-state index in [4.69, 9.17) is 11.6 Å². The van der Waals surface area contributed by atoms with Crippen LogP contribution >= 0.6 is 11.6 Å². The highest BCUT2D eigenvalue weighted by atomic mass is 35.5. The van der Waals surface area contributed by atoms with Gasteiger partial charge in [-0.25, -0.2) is 18.4 Å². The molecule has 2 aliphatic rings. The predicted octanol–water partition coefficient (Wildman–Crippen LogP) is 4.75. The molecule has 1 aliphatic heterocycles. The number of anilines is 1. The number of sulfone groups is 1. The highest BCUT2D eigenvalue weighted by Crippen LogP contribution is 2.50. The van der Waals surface area contributed by atoms with Gasteiger partial charge in [-0.2, -0.15) is 5.26 Å². The Bertz CT molecular complexity index is 1420. The monoisotopic (exact) mass is 492 g/mol. The average molecular weight is 493 g/mol. The number of hydrogen-bond donors (Lipinski definition) is 0. The number of rotatable bonds is 4. The van der Waals surface area contributed by atoms with Gasteiger partial charge in [-0.1, -0.05) is 30.2 Å². The number of nitriles is 1. The van der Waals surface area contributed by atoms with E-state index in [9.17, 15) is 13.7 Å². The minimum absolute atomic E-state index is 0.117. The van der Waals surface area contributed by atoms with Gasteiger partial charge in [-0.05, 0) is 72.7 Å². The lowest BCUT2D eigenvalue weighted by Crippen LogP contribution is -2.36. The van der Waals surface area contributed by atoms with Crippen molar-refractivity contribution in [1.29, 1.82) is 5.26 Å². The van der Waals surface area contributed by atoms with Crippen molar-refractivity contribution < 1.29 is 8.42 Å². The van der Waals surface area contributed by atoms with Crippen LogP contribution in [0, 0.1) is 18.3 Å². The van der Waals surface area contributed by atoms with Gasteiger partial charge in [0.25, 0.3) is 0 Å². The summed E-state index contributed by atoms with van der Waals surface area (Å²) in [5, 5.41) is 10.1. The van der Waals surface area contributed by atoms with Gasteiger partial charge >= 0.3 is 0 Å². The third kappa shape index (κ3) is 3.85. The van der Waals surface area contributed by atoms with E-state index in [-0.39, 0.29) is 10.6 Å². The minimum Gasteiger partial charge on any atom is -0.365 e. The molecular formula is C26H25ClN4O2S. The zero-order chi connectivity index (χ0) is 24.1. The molecule has 1 fully saturated rings. The van der Waals surface area contributed by atoms with Gasteiger partial charge in [0.1, 0.15) is 0 Å². The topological polar surface area (TPSA) is 87.0 Å². The van der Waals surface area contributed by atoms with E-state index in [1.54, 1.807) is 6.20 Å². The van der Waals surface area contributed by atoms with Crippen molar-refractivity contribution >= 4 is 27.1 Å². The molecule has 0 radical (unpaired) electrons. The molecule has 0 amide bonds. The quantitative estimate of drug-likeness (QED) is 0.488.